The zero-order valence-corrected chi connectivity index (χ0v) is 9.82. The van der Waals surface area contributed by atoms with Gasteiger partial charge in [0.2, 0.25) is 0 Å². The maximum atomic E-state index is 12.5. The van der Waals surface area contributed by atoms with Crippen LogP contribution in [0.25, 0.3) is 0 Å². The highest BCUT2D eigenvalue weighted by atomic mass is 19.4. The van der Waals surface area contributed by atoms with Crippen molar-refractivity contribution in [3.05, 3.63) is 23.9 Å². The van der Waals surface area contributed by atoms with Gasteiger partial charge in [-0.2, -0.15) is 13.2 Å². The van der Waals surface area contributed by atoms with Crippen molar-refractivity contribution in [1.29, 1.82) is 0 Å². The van der Waals surface area contributed by atoms with E-state index in [9.17, 15) is 13.2 Å². The molecule has 1 aliphatic rings. The van der Waals surface area contributed by atoms with Gasteiger partial charge in [-0.3, -0.25) is 0 Å². The fourth-order valence-electron chi connectivity index (χ4n) is 2.17. The number of aromatic nitrogens is 1. The molecule has 0 atom stereocenters. The van der Waals surface area contributed by atoms with Crippen molar-refractivity contribution < 1.29 is 18.3 Å². The molecule has 6 heteroatoms. The summed E-state index contributed by atoms with van der Waals surface area (Å²) in [4.78, 5) is 6.03. The van der Waals surface area contributed by atoms with Crippen molar-refractivity contribution in [2.24, 2.45) is 5.92 Å². The average Bonchev–Trinajstić information content (AvgIpc) is 2.38. The summed E-state index contributed by atoms with van der Waals surface area (Å²) in [6.45, 7) is 0.547. The molecule has 1 aromatic rings. The minimum Gasteiger partial charge on any atom is -0.390 e. The molecule has 1 fully saturated rings. The molecule has 100 valence electrons. The first-order chi connectivity index (χ1) is 8.50. The van der Waals surface area contributed by atoms with Crippen LogP contribution in [-0.2, 0) is 6.61 Å². The first-order valence-corrected chi connectivity index (χ1v) is 5.89. The monoisotopic (exact) mass is 260 g/mol. The molecule has 1 saturated heterocycles. The highest BCUT2D eigenvalue weighted by molar-refractivity contribution is 5.39. The van der Waals surface area contributed by atoms with Gasteiger partial charge in [0.05, 0.1) is 18.2 Å². The fourth-order valence-corrected chi connectivity index (χ4v) is 2.17. The summed E-state index contributed by atoms with van der Waals surface area (Å²) < 4.78 is 37.6. The number of aliphatic hydroxyl groups is 1. The fraction of sp³-hybridized carbons (Fsp3) is 0.583. The van der Waals surface area contributed by atoms with Gasteiger partial charge in [0, 0.05) is 13.1 Å². The SMILES string of the molecule is OCc1cccc(N2CCC(C(F)(F)F)CC2)n1. The van der Waals surface area contributed by atoms with E-state index in [0.29, 0.717) is 24.6 Å². The number of hydrogen-bond donors (Lipinski definition) is 1. The second-order valence-electron chi connectivity index (χ2n) is 4.45. The molecule has 0 spiro atoms. The second kappa shape index (κ2) is 5.14. The van der Waals surface area contributed by atoms with E-state index in [0.717, 1.165) is 0 Å². The molecule has 0 aromatic carbocycles. The Hall–Kier alpha value is -1.30. The van der Waals surface area contributed by atoms with Crippen LogP contribution in [0.1, 0.15) is 18.5 Å². The van der Waals surface area contributed by atoms with E-state index in [4.69, 9.17) is 5.11 Å². The zero-order chi connectivity index (χ0) is 13.2. The van der Waals surface area contributed by atoms with Gasteiger partial charge in [0.15, 0.2) is 0 Å². The molecule has 0 unspecified atom stereocenters. The van der Waals surface area contributed by atoms with Gasteiger partial charge >= 0.3 is 6.18 Å². The Morgan fingerprint density at radius 3 is 2.50 bits per heavy atom. The first kappa shape index (κ1) is 13.1. The lowest BCUT2D eigenvalue weighted by Gasteiger charge is -2.33. The summed E-state index contributed by atoms with van der Waals surface area (Å²) in [5.41, 5.74) is 0.533. The third-order valence-electron chi connectivity index (χ3n) is 3.24. The Balaban J connectivity index is 2.01. The minimum atomic E-state index is -4.09. The predicted molar refractivity (Wildman–Crippen MR) is 61.2 cm³/mol. The van der Waals surface area contributed by atoms with Gasteiger partial charge < -0.3 is 10.0 Å². The molecule has 18 heavy (non-hydrogen) atoms. The third kappa shape index (κ3) is 2.93. The molecule has 3 nitrogen and oxygen atoms in total. The molecule has 0 amide bonds. The van der Waals surface area contributed by atoms with Crippen molar-refractivity contribution in [3.63, 3.8) is 0 Å². The molecule has 0 radical (unpaired) electrons. The van der Waals surface area contributed by atoms with Crippen molar-refractivity contribution in [1.82, 2.24) is 4.98 Å². The van der Waals surface area contributed by atoms with E-state index >= 15 is 0 Å². The van der Waals surface area contributed by atoms with Crippen LogP contribution in [0.4, 0.5) is 19.0 Å². The molecular weight excluding hydrogens is 245 g/mol. The number of rotatable bonds is 2. The molecule has 0 bridgehead atoms. The number of halogens is 3. The summed E-state index contributed by atoms with van der Waals surface area (Å²) in [6, 6.07) is 5.20. The van der Waals surface area contributed by atoms with Gasteiger partial charge in [-0.25, -0.2) is 4.98 Å². The maximum Gasteiger partial charge on any atom is 0.391 e. The standard InChI is InChI=1S/C12H15F3N2O/c13-12(14,15)9-4-6-17(7-5-9)11-3-1-2-10(8-18)16-11/h1-3,9,18H,4-8H2. The van der Waals surface area contributed by atoms with E-state index in [1.54, 1.807) is 18.2 Å². The zero-order valence-electron chi connectivity index (χ0n) is 9.82. The maximum absolute atomic E-state index is 12.5. The highest BCUT2D eigenvalue weighted by Gasteiger charge is 2.41. The van der Waals surface area contributed by atoms with Gasteiger partial charge in [-0.1, -0.05) is 6.07 Å². The minimum absolute atomic E-state index is 0.106. The summed E-state index contributed by atoms with van der Waals surface area (Å²) in [5.74, 6) is -0.558. The Bertz CT molecular complexity index is 401. The molecule has 0 saturated carbocycles. The Morgan fingerprint density at radius 2 is 1.94 bits per heavy atom. The van der Waals surface area contributed by atoms with Gasteiger partial charge in [-0.05, 0) is 25.0 Å². The highest BCUT2D eigenvalue weighted by Crippen LogP contribution is 2.34. The average molecular weight is 260 g/mol. The van der Waals surface area contributed by atoms with E-state index in [1.165, 1.54) is 0 Å². The summed E-state index contributed by atoms with van der Waals surface area (Å²) in [7, 11) is 0. The molecule has 2 rings (SSSR count). The van der Waals surface area contributed by atoms with Crippen LogP contribution in [0.15, 0.2) is 18.2 Å². The lowest BCUT2D eigenvalue weighted by atomic mass is 9.96. The Morgan fingerprint density at radius 1 is 1.28 bits per heavy atom. The molecule has 1 aliphatic heterocycles. The number of anilines is 1. The van der Waals surface area contributed by atoms with Crippen LogP contribution in [0.3, 0.4) is 0 Å². The topological polar surface area (TPSA) is 36.4 Å². The van der Waals surface area contributed by atoms with E-state index < -0.39 is 12.1 Å². The van der Waals surface area contributed by atoms with Crippen molar-refractivity contribution in [2.75, 3.05) is 18.0 Å². The molecule has 1 aromatic heterocycles. The number of nitrogens with zero attached hydrogens (tertiary/aromatic N) is 2. The van der Waals surface area contributed by atoms with Gasteiger partial charge in [0.25, 0.3) is 0 Å². The van der Waals surface area contributed by atoms with Crippen LogP contribution < -0.4 is 4.90 Å². The number of piperidine rings is 1. The first-order valence-electron chi connectivity index (χ1n) is 5.89. The van der Waals surface area contributed by atoms with Crippen LogP contribution in [0, 0.1) is 5.92 Å². The Labute approximate surface area is 103 Å². The summed E-state index contributed by atoms with van der Waals surface area (Å²) in [5, 5.41) is 8.98. The van der Waals surface area contributed by atoms with E-state index in [-0.39, 0.29) is 19.4 Å². The second-order valence-corrected chi connectivity index (χ2v) is 4.45. The van der Waals surface area contributed by atoms with E-state index in [1.807, 2.05) is 4.90 Å². The number of aliphatic hydroxyl groups excluding tert-OH is 1. The smallest absolute Gasteiger partial charge is 0.390 e. The van der Waals surface area contributed by atoms with Gasteiger partial charge in [0.1, 0.15) is 5.82 Å². The quantitative estimate of drug-likeness (QED) is 0.886. The molecule has 2 heterocycles. The molecule has 0 aliphatic carbocycles. The third-order valence-corrected chi connectivity index (χ3v) is 3.24. The predicted octanol–water partition coefficient (Wildman–Crippen LogP) is 2.35. The molecule has 1 N–H and O–H groups in total. The number of pyridine rings is 1. The lowest BCUT2D eigenvalue weighted by Crippen LogP contribution is -2.39. The largest absolute Gasteiger partial charge is 0.391 e. The van der Waals surface area contributed by atoms with Crippen LogP contribution in [-0.4, -0.2) is 29.4 Å². The molecular formula is C12H15F3N2O. The summed E-state index contributed by atoms with van der Waals surface area (Å²) in [6.07, 6.45) is -3.88. The Kier molecular flexibility index (Phi) is 3.75. The summed E-state index contributed by atoms with van der Waals surface area (Å²) >= 11 is 0. The van der Waals surface area contributed by atoms with Crippen LogP contribution in [0.2, 0.25) is 0 Å². The van der Waals surface area contributed by atoms with Crippen molar-refractivity contribution in [2.45, 2.75) is 25.6 Å². The van der Waals surface area contributed by atoms with Gasteiger partial charge in [-0.15, -0.1) is 0 Å². The normalized spacial score (nSPS) is 18.1. The van der Waals surface area contributed by atoms with Crippen LogP contribution in [0.5, 0.6) is 0 Å². The number of hydrogen-bond acceptors (Lipinski definition) is 3. The van der Waals surface area contributed by atoms with Crippen molar-refractivity contribution >= 4 is 5.82 Å². The van der Waals surface area contributed by atoms with Crippen LogP contribution >= 0.6 is 0 Å². The number of alkyl halides is 3. The van der Waals surface area contributed by atoms with Crippen molar-refractivity contribution in [3.8, 4) is 0 Å². The van der Waals surface area contributed by atoms with E-state index in [2.05, 4.69) is 4.98 Å². The lowest BCUT2D eigenvalue weighted by molar-refractivity contribution is -0.179.